The first kappa shape index (κ1) is 11.9. The zero-order chi connectivity index (χ0) is 11.0. The topological polar surface area (TPSA) is 54.4 Å². The van der Waals surface area contributed by atoms with Gasteiger partial charge in [-0.05, 0) is 18.6 Å². The largest absolute Gasteiger partial charge is 0.294 e. The van der Waals surface area contributed by atoms with Crippen molar-refractivity contribution in [3.05, 3.63) is 29.8 Å². The third-order valence-corrected chi connectivity index (χ3v) is 3.07. The normalized spacial score (nSPS) is 12.9. The van der Waals surface area contributed by atoms with Crippen molar-refractivity contribution in [3.63, 3.8) is 0 Å². The molecule has 0 aliphatic heterocycles. The number of hydrogen-bond acceptors (Lipinski definition) is 4. The van der Waals surface area contributed by atoms with Crippen LogP contribution in [0.5, 0.6) is 0 Å². The molecule has 0 aromatic heterocycles. The van der Waals surface area contributed by atoms with Gasteiger partial charge in [-0.25, -0.2) is 0 Å². The maximum Gasteiger partial charge on any atom is 0.294 e. The first-order chi connectivity index (χ1) is 6.23. The van der Waals surface area contributed by atoms with E-state index in [2.05, 4.69) is 25.3 Å². The van der Waals surface area contributed by atoms with Crippen LogP contribution in [-0.2, 0) is 14.2 Å². The lowest BCUT2D eigenvalue weighted by Gasteiger charge is -2.19. The van der Waals surface area contributed by atoms with E-state index in [9.17, 15) is 8.42 Å². The van der Waals surface area contributed by atoms with Gasteiger partial charge in [0.05, 0.1) is 8.97 Å². The van der Waals surface area contributed by atoms with Crippen molar-refractivity contribution in [1.82, 2.24) is 0 Å². The smallest absolute Gasteiger partial charge is 0.282 e. The zero-order valence-electron chi connectivity index (χ0n) is 7.38. The Bertz CT molecular complexity index is 431. The third-order valence-electron chi connectivity index (χ3n) is 1.68. The predicted molar refractivity (Wildman–Crippen MR) is 61.6 cm³/mol. The average Bonchev–Trinajstić information content (AvgIpc) is 2.01. The van der Waals surface area contributed by atoms with E-state index in [1.54, 1.807) is 19.1 Å². The molecule has 0 atom stereocenters. The van der Waals surface area contributed by atoms with Crippen LogP contribution in [-0.4, -0.2) is 13.0 Å². The molecule has 0 unspecified atom stereocenters. The Labute approximate surface area is 94.1 Å². The highest BCUT2D eigenvalue weighted by atomic mass is 32.2. The second-order valence-electron chi connectivity index (χ2n) is 2.99. The SMILES string of the molecule is CC(S)(S)c1ccccc1S(=O)(=O)O. The Morgan fingerprint density at radius 1 is 1.29 bits per heavy atom. The molecule has 1 rings (SSSR count). The molecule has 1 N–H and O–H groups in total. The van der Waals surface area contributed by atoms with E-state index < -0.39 is 14.2 Å². The summed E-state index contributed by atoms with van der Waals surface area (Å²) >= 11 is 8.27. The molecule has 0 amide bonds. The molecule has 0 saturated carbocycles. The van der Waals surface area contributed by atoms with Gasteiger partial charge in [-0.2, -0.15) is 33.7 Å². The summed E-state index contributed by atoms with van der Waals surface area (Å²) in [6, 6.07) is 6.06. The molecule has 1 aromatic carbocycles. The van der Waals surface area contributed by atoms with Gasteiger partial charge in [0.1, 0.15) is 0 Å². The minimum atomic E-state index is -4.21. The average molecular weight is 250 g/mol. The molecule has 0 saturated heterocycles. The molecule has 0 radical (unpaired) electrons. The van der Waals surface area contributed by atoms with Crippen LogP contribution in [0.15, 0.2) is 29.2 Å². The predicted octanol–water partition coefficient (Wildman–Crippen LogP) is 1.97. The van der Waals surface area contributed by atoms with Crippen molar-refractivity contribution in [2.45, 2.75) is 15.9 Å². The number of thiol groups is 2. The van der Waals surface area contributed by atoms with Gasteiger partial charge in [0, 0.05) is 0 Å². The molecule has 0 aliphatic carbocycles. The maximum absolute atomic E-state index is 11.0. The fourth-order valence-electron chi connectivity index (χ4n) is 1.08. The van der Waals surface area contributed by atoms with Gasteiger partial charge in [-0.3, -0.25) is 4.55 Å². The van der Waals surface area contributed by atoms with Gasteiger partial charge >= 0.3 is 0 Å². The van der Waals surface area contributed by atoms with Crippen molar-refractivity contribution in [2.75, 3.05) is 0 Å². The van der Waals surface area contributed by atoms with Crippen LogP contribution in [0, 0.1) is 0 Å². The fraction of sp³-hybridized carbons (Fsp3) is 0.250. The molecule has 0 bridgehead atoms. The van der Waals surface area contributed by atoms with E-state index in [1.165, 1.54) is 12.1 Å². The van der Waals surface area contributed by atoms with Crippen molar-refractivity contribution < 1.29 is 13.0 Å². The second-order valence-corrected chi connectivity index (χ2v) is 6.52. The molecule has 0 aliphatic rings. The van der Waals surface area contributed by atoms with Gasteiger partial charge in [0.2, 0.25) is 0 Å². The molecule has 0 spiro atoms. The van der Waals surface area contributed by atoms with Crippen molar-refractivity contribution in [3.8, 4) is 0 Å². The van der Waals surface area contributed by atoms with Gasteiger partial charge in [0.15, 0.2) is 0 Å². The molecule has 78 valence electrons. The standard InChI is InChI=1S/C8H10O3S3/c1-8(12,13)6-4-2-3-5-7(6)14(9,10)11/h2-5,12-13H,1H3,(H,9,10,11). The molecule has 0 fully saturated rings. The summed E-state index contributed by atoms with van der Waals surface area (Å²) in [5.74, 6) is 0. The van der Waals surface area contributed by atoms with Gasteiger partial charge < -0.3 is 0 Å². The molecular weight excluding hydrogens is 240 g/mol. The summed E-state index contributed by atoms with van der Waals surface area (Å²) in [5, 5.41) is 0. The summed E-state index contributed by atoms with van der Waals surface area (Å²) in [5.41, 5.74) is 0.356. The number of benzene rings is 1. The van der Waals surface area contributed by atoms with Gasteiger partial charge in [-0.1, -0.05) is 18.2 Å². The van der Waals surface area contributed by atoms with E-state index >= 15 is 0 Å². The molecule has 0 heterocycles. The molecule has 1 aromatic rings. The maximum atomic E-state index is 11.0. The lowest BCUT2D eigenvalue weighted by Crippen LogP contribution is -2.11. The van der Waals surface area contributed by atoms with Crippen LogP contribution in [0.3, 0.4) is 0 Å². The molecule has 3 nitrogen and oxygen atoms in total. The van der Waals surface area contributed by atoms with E-state index in [1.807, 2.05) is 0 Å². The van der Waals surface area contributed by atoms with E-state index in [-0.39, 0.29) is 4.90 Å². The molecule has 6 heteroatoms. The van der Waals surface area contributed by atoms with E-state index in [0.717, 1.165) is 0 Å². The lowest BCUT2D eigenvalue weighted by atomic mass is 10.1. The van der Waals surface area contributed by atoms with Crippen LogP contribution >= 0.6 is 25.3 Å². The number of hydrogen-bond donors (Lipinski definition) is 3. The minimum absolute atomic E-state index is 0.160. The second kappa shape index (κ2) is 3.77. The van der Waals surface area contributed by atoms with Crippen molar-refractivity contribution >= 4 is 35.4 Å². The van der Waals surface area contributed by atoms with Gasteiger partial charge in [0.25, 0.3) is 10.1 Å². The summed E-state index contributed by atoms with van der Waals surface area (Å²) in [4.78, 5) is -0.160. The molecular formula is C8H10O3S3. The lowest BCUT2D eigenvalue weighted by molar-refractivity contribution is 0.482. The summed E-state index contributed by atoms with van der Waals surface area (Å²) in [6.45, 7) is 1.63. The van der Waals surface area contributed by atoms with Crippen LogP contribution in [0.25, 0.3) is 0 Å². The van der Waals surface area contributed by atoms with Crippen molar-refractivity contribution in [2.24, 2.45) is 0 Å². The highest BCUT2D eigenvalue weighted by molar-refractivity contribution is 7.99. The Morgan fingerprint density at radius 3 is 2.14 bits per heavy atom. The zero-order valence-corrected chi connectivity index (χ0v) is 9.98. The summed E-state index contributed by atoms with van der Waals surface area (Å²) in [6.07, 6.45) is 0. The van der Waals surface area contributed by atoms with Crippen molar-refractivity contribution in [1.29, 1.82) is 0 Å². The number of rotatable bonds is 2. The Hall–Kier alpha value is -0.170. The third kappa shape index (κ3) is 2.66. The van der Waals surface area contributed by atoms with Crippen LogP contribution in [0.4, 0.5) is 0 Å². The first-order valence-corrected chi connectivity index (χ1v) is 6.08. The highest BCUT2D eigenvalue weighted by Gasteiger charge is 2.24. The minimum Gasteiger partial charge on any atom is -0.282 e. The Kier molecular flexibility index (Phi) is 3.20. The summed E-state index contributed by atoms with van der Waals surface area (Å²) < 4.78 is 30.0. The Balaban J connectivity index is 3.47. The van der Waals surface area contributed by atoms with Crippen LogP contribution in [0.2, 0.25) is 0 Å². The Morgan fingerprint density at radius 2 is 1.79 bits per heavy atom. The van der Waals surface area contributed by atoms with E-state index in [0.29, 0.717) is 5.56 Å². The molecule has 14 heavy (non-hydrogen) atoms. The summed E-state index contributed by atoms with van der Waals surface area (Å²) in [7, 11) is -4.21. The van der Waals surface area contributed by atoms with Crippen LogP contribution in [0.1, 0.15) is 12.5 Å². The quantitative estimate of drug-likeness (QED) is 0.427. The van der Waals surface area contributed by atoms with Crippen LogP contribution < -0.4 is 0 Å². The first-order valence-electron chi connectivity index (χ1n) is 3.74. The van der Waals surface area contributed by atoms with Gasteiger partial charge in [-0.15, -0.1) is 0 Å². The highest BCUT2D eigenvalue weighted by Crippen LogP contribution is 2.35. The monoisotopic (exact) mass is 250 g/mol. The van der Waals surface area contributed by atoms with E-state index in [4.69, 9.17) is 4.55 Å². The fourth-order valence-corrected chi connectivity index (χ4v) is 2.42.